The Bertz CT molecular complexity index is 623. The van der Waals surface area contributed by atoms with Crippen LogP contribution in [0.2, 0.25) is 0 Å². The van der Waals surface area contributed by atoms with Crippen molar-refractivity contribution in [2.45, 2.75) is 25.0 Å². The van der Waals surface area contributed by atoms with Crippen molar-refractivity contribution in [1.29, 1.82) is 0 Å². The molecule has 4 atom stereocenters. The molecular weight excluding hydrogens is 276 g/mol. The smallest absolute Gasteiger partial charge is 0.145 e. The van der Waals surface area contributed by atoms with E-state index >= 15 is 0 Å². The quantitative estimate of drug-likeness (QED) is 0.895. The standard InChI is InChI=1S/C19H20O3/c1-13-17(20)14(2)19(22,16-11-7-4-8-12-16)18(13,21)15-9-5-3-6-10-15/h3-14,21-22H,1-2H3. The van der Waals surface area contributed by atoms with E-state index in [2.05, 4.69) is 0 Å². The van der Waals surface area contributed by atoms with E-state index in [0.29, 0.717) is 11.1 Å². The van der Waals surface area contributed by atoms with Gasteiger partial charge in [0.05, 0.1) is 11.8 Å². The number of Topliss-reactive ketones (excluding diaryl/α,β-unsaturated/α-hetero) is 1. The molecule has 2 N–H and O–H groups in total. The van der Waals surface area contributed by atoms with Crippen LogP contribution >= 0.6 is 0 Å². The van der Waals surface area contributed by atoms with Gasteiger partial charge in [-0.2, -0.15) is 0 Å². The van der Waals surface area contributed by atoms with Gasteiger partial charge in [0.15, 0.2) is 0 Å². The van der Waals surface area contributed by atoms with E-state index in [-0.39, 0.29) is 5.78 Å². The molecule has 2 aromatic carbocycles. The number of hydrogen-bond donors (Lipinski definition) is 2. The Hall–Kier alpha value is -1.97. The first kappa shape index (κ1) is 14.9. The lowest BCUT2D eigenvalue weighted by atomic mass is 9.70. The molecule has 0 aliphatic heterocycles. The lowest BCUT2D eigenvalue weighted by molar-refractivity contribution is -0.175. The average molecular weight is 296 g/mol. The predicted octanol–water partition coefficient (Wildman–Crippen LogP) is 2.62. The molecule has 0 saturated heterocycles. The number of ketones is 1. The van der Waals surface area contributed by atoms with Crippen molar-refractivity contribution in [3.05, 3.63) is 71.8 Å². The van der Waals surface area contributed by atoms with E-state index in [1.807, 2.05) is 12.1 Å². The van der Waals surface area contributed by atoms with E-state index in [4.69, 9.17) is 0 Å². The topological polar surface area (TPSA) is 57.5 Å². The summed E-state index contributed by atoms with van der Waals surface area (Å²) in [5, 5.41) is 22.9. The normalized spacial score (nSPS) is 34.8. The van der Waals surface area contributed by atoms with Gasteiger partial charge in [0.25, 0.3) is 0 Å². The number of carbonyl (C=O) groups is 1. The highest BCUT2D eigenvalue weighted by Crippen LogP contribution is 2.56. The van der Waals surface area contributed by atoms with Gasteiger partial charge in [0.1, 0.15) is 17.0 Å². The molecule has 3 nitrogen and oxygen atoms in total. The SMILES string of the molecule is CC1C(=O)C(C)C(O)(c2ccccc2)C1(O)c1ccccc1. The van der Waals surface area contributed by atoms with E-state index in [1.54, 1.807) is 62.4 Å². The lowest BCUT2D eigenvalue weighted by Gasteiger charge is -2.42. The van der Waals surface area contributed by atoms with Crippen molar-refractivity contribution in [2.24, 2.45) is 11.8 Å². The lowest BCUT2D eigenvalue weighted by Crippen LogP contribution is -2.50. The second-order valence-corrected chi connectivity index (χ2v) is 6.11. The fourth-order valence-corrected chi connectivity index (χ4v) is 3.77. The second-order valence-electron chi connectivity index (χ2n) is 6.11. The summed E-state index contributed by atoms with van der Waals surface area (Å²) in [6, 6.07) is 17.9. The van der Waals surface area contributed by atoms with Crippen LogP contribution in [0.3, 0.4) is 0 Å². The molecule has 1 fully saturated rings. The largest absolute Gasteiger partial charge is 0.381 e. The van der Waals surface area contributed by atoms with E-state index in [1.165, 1.54) is 0 Å². The number of benzene rings is 2. The summed E-state index contributed by atoms with van der Waals surface area (Å²) < 4.78 is 0. The molecule has 3 rings (SSSR count). The maximum absolute atomic E-state index is 12.6. The van der Waals surface area contributed by atoms with Gasteiger partial charge in [-0.1, -0.05) is 74.5 Å². The van der Waals surface area contributed by atoms with Gasteiger partial charge < -0.3 is 10.2 Å². The van der Waals surface area contributed by atoms with Gasteiger partial charge in [0, 0.05) is 0 Å². The van der Waals surface area contributed by atoms with Gasteiger partial charge >= 0.3 is 0 Å². The van der Waals surface area contributed by atoms with Crippen LogP contribution in [-0.4, -0.2) is 16.0 Å². The Kier molecular flexibility index (Phi) is 3.42. The van der Waals surface area contributed by atoms with Gasteiger partial charge in [-0.25, -0.2) is 0 Å². The minimum absolute atomic E-state index is 0.127. The molecule has 0 aromatic heterocycles. The second kappa shape index (κ2) is 5.04. The summed E-state index contributed by atoms with van der Waals surface area (Å²) in [6.45, 7) is 3.37. The Morgan fingerprint density at radius 3 is 1.36 bits per heavy atom. The highest BCUT2D eigenvalue weighted by Gasteiger charge is 2.67. The third-order valence-electron chi connectivity index (χ3n) is 5.12. The first-order valence-corrected chi connectivity index (χ1v) is 7.53. The highest BCUT2D eigenvalue weighted by atomic mass is 16.4. The summed E-state index contributed by atoms with van der Waals surface area (Å²) in [5.74, 6) is -1.50. The molecule has 0 radical (unpaired) electrons. The molecule has 2 aromatic rings. The van der Waals surface area contributed by atoms with Gasteiger partial charge in [-0.3, -0.25) is 4.79 Å². The summed E-state index contributed by atoms with van der Waals surface area (Å²) in [4.78, 5) is 12.6. The van der Waals surface area contributed by atoms with E-state index < -0.39 is 23.0 Å². The molecule has 1 aliphatic rings. The molecule has 0 bridgehead atoms. The minimum Gasteiger partial charge on any atom is -0.381 e. The average Bonchev–Trinajstić information content (AvgIpc) is 2.71. The van der Waals surface area contributed by atoms with Crippen molar-refractivity contribution < 1.29 is 15.0 Å². The first-order chi connectivity index (χ1) is 10.4. The van der Waals surface area contributed by atoms with Crippen molar-refractivity contribution >= 4 is 5.78 Å². The molecule has 3 heteroatoms. The van der Waals surface area contributed by atoms with Crippen molar-refractivity contribution in [3.8, 4) is 0 Å². The zero-order chi connectivity index (χ0) is 16.0. The molecule has 4 unspecified atom stereocenters. The van der Waals surface area contributed by atoms with Crippen molar-refractivity contribution in [3.63, 3.8) is 0 Å². The number of carbonyl (C=O) groups excluding carboxylic acids is 1. The molecule has 114 valence electrons. The molecule has 0 amide bonds. The Balaban J connectivity index is 2.28. The monoisotopic (exact) mass is 296 g/mol. The fraction of sp³-hybridized carbons (Fsp3) is 0.316. The molecule has 22 heavy (non-hydrogen) atoms. The third-order valence-corrected chi connectivity index (χ3v) is 5.12. The zero-order valence-corrected chi connectivity index (χ0v) is 12.7. The third kappa shape index (κ3) is 1.73. The van der Waals surface area contributed by atoms with Gasteiger partial charge in [-0.15, -0.1) is 0 Å². The van der Waals surface area contributed by atoms with Crippen LogP contribution < -0.4 is 0 Å². The van der Waals surface area contributed by atoms with Gasteiger partial charge in [-0.05, 0) is 11.1 Å². The van der Waals surface area contributed by atoms with Crippen LogP contribution in [0.4, 0.5) is 0 Å². The molecule has 1 aliphatic carbocycles. The number of aliphatic hydroxyl groups is 2. The fourth-order valence-electron chi connectivity index (χ4n) is 3.77. The van der Waals surface area contributed by atoms with E-state index in [9.17, 15) is 15.0 Å². The van der Waals surface area contributed by atoms with Crippen LogP contribution in [0, 0.1) is 11.8 Å². The summed E-state index contributed by atoms with van der Waals surface area (Å²) in [6.07, 6.45) is 0. The summed E-state index contributed by atoms with van der Waals surface area (Å²) >= 11 is 0. The summed E-state index contributed by atoms with van der Waals surface area (Å²) in [5.41, 5.74) is -2.17. The Morgan fingerprint density at radius 1 is 0.727 bits per heavy atom. The minimum atomic E-state index is -1.65. The summed E-state index contributed by atoms with van der Waals surface area (Å²) in [7, 11) is 0. The highest BCUT2D eigenvalue weighted by molar-refractivity contribution is 5.89. The van der Waals surface area contributed by atoms with Crippen LogP contribution in [0.15, 0.2) is 60.7 Å². The zero-order valence-electron chi connectivity index (χ0n) is 12.7. The van der Waals surface area contributed by atoms with Crippen LogP contribution in [0.5, 0.6) is 0 Å². The molecule has 0 heterocycles. The van der Waals surface area contributed by atoms with E-state index in [0.717, 1.165) is 0 Å². The van der Waals surface area contributed by atoms with Crippen molar-refractivity contribution in [1.82, 2.24) is 0 Å². The molecule has 1 saturated carbocycles. The maximum Gasteiger partial charge on any atom is 0.145 e. The maximum atomic E-state index is 12.6. The van der Waals surface area contributed by atoms with Crippen LogP contribution in [0.1, 0.15) is 25.0 Å². The Morgan fingerprint density at radius 2 is 1.05 bits per heavy atom. The van der Waals surface area contributed by atoms with Gasteiger partial charge in [0.2, 0.25) is 0 Å². The number of rotatable bonds is 2. The van der Waals surface area contributed by atoms with Crippen molar-refractivity contribution in [2.75, 3.05) is 0 Å². The van der Waals surface area contributed by atoms with Crippen LogP contribution in [0.25, 0.3) is 0 Å². The Labute approximate surface area is 130 Å². The molecular formula is C19H20O3. The predicted molar refractivity (Wildman–Crippen MR) is 84.0 cm³/mol. The first-order valence-electron chi connectivity index (χ1n) is 7.53. The molecule has 0 spiro atoms. The van der Waals surface area contributed by atoms with Crippen LogP contribution in [-0.2, 0) is 16.0 Å². The number of hydrogen-bond acceptors (Lipinski definition) is 3.